The van der Waals surface area contributed by atoms with E-state index in [0.717, 1.165) is 117 Å². The minimum Gasteiger partial charge on any atom is -0.457 e. The maximum atomic E-state index is 13.2. The highest BCUT2D eigenvalue weighted by molar-refractivity contribution is 6.05. The maximum Gasteiger partial charge on any atom is 0.255 e. The van der Waals surface area contributed by atoms with Crippen molar-refractivity contribution in [2.45, 2.75) is 50.7 Å². The molecule has 2 unspecified atom stereocenters. The number of carbonyl (C=O) groups is 3. The second-order valence-electron chi connectivity index (χ2n) is 16.6. The van der Waals surface area contributed by atoms with Crippen LogP contribution in [0.2, 0.25) is 0 Å². The van der Waals surface area contributed by atoms with E-state index in [4.69, 9.17) is 15.6 Å². The summed E-state index contributed by atoms with van der Waals surface area (Å²) in [5.41, 5.74) is 11.7. The highest BCUT2D eigenvalue weighted by Gasteiger charge is 2.40. The highest BCUT2D eigenvalue weighted by atomic mass is 16.5. The first-order valence-corrected chi connectivity index (χ1v) is 20.6. The second-order valence-corrected chi connectivity index (χ2v) is 16.6. The van der Waals surface area contributed by atoms with E-state index in [9.17, 15) is 14.4 Å². The summed E-state index contributed by atoms with van der Waals surface area (Å²) in [4.78, 5) is 55.6. The Morgan fingerprint density at radius 3 is 2.36 bits per heavy atom. The summed E-state index contributed by atoms with van der Waals surface area (Å²) in [6, 6.07) is 23.4. The zero-order valence-corrected chi connectivity index (χ0v) is 32.5. The molecule has 3 amide bonds. The van der Waals surface area contributed by atoms with Crippen molar-refractivity contribution >= 4 is 40.3 Å². The monoisotopic (exact) mass is 780 g/mol. The molecule has 0 bridgehead atoms. The van der Waals surface area contributed by atoms with Crippen LogP contribution in [0, 0.1) is 11.8 Å². The van der Waals surface area contributed by atoms with Crippen LogP contribution in [0.3, 0.4) is 0 Å². The van der Waals surface area contributed by atoms with Crippen LogP contribution in [-0.2, 0) is 16.1 Å². The molecule has 14 heteroatoms. The summed E-state index contributed by atoms with van der Waals surface area (Å²) >= 11 is 0. The number of amides is 3. The standard InChI is InChI=1S/C44H48N10O4/c45-41-39-40(30-6-9-35(10-7-30)58-34-4-2-1-3-5-34)49-54(42(39)47-27-46-41)32-15-17-50(18-16-32)22-29-23-51(24-29)21-28-14-19-52(25-28)33-8-11-36-31(20-33)26-53(44(36)57)37-12-13-38(55)48-43(37)56/h1-11,20,27-29,32,37H,12-19,21-26H2,(H2,45,46,47)(H,48,55,56). The van der Waals surface area contributed by atoms with Crippen LogP contribution in [0.15, 0.2) is 79.1 Å². The van der Waals surface area contributed by atoms with Crippen LogP contribution in [0.4, 0.5) is 11.5 Å². The van der Waals surface area contributed by atoms with Crippen molar-refractivity contribution < 1.29 is 19.1 Å². The number of piperidine rings is 2. The van der Waals surface area contributed by atoms with Crippen LogP contribution in [0.25, 0.3) is 22.3 Å². The summed E-state index contributed by atoms with van der Waals surface area (Å²) in [5.74, 6) is 2.52. The van der Waals surface area contributed by atoms with E-state index in [1.54, 1.807) is 4.90 Å². The normalized spacial score (nSPS) is 22.1. The van der Waals surface area contributed by atoms with Crippen molar-refractivity contribution in [3.63, 3.8) is 0 Å². The molecular formula is C44H48N10O4. The average molecular weight is 781 g/mol. The third-order valence-electron chi connectivity index (χ3n) is 12.8. The smallest absolute Gasteiger partial charge is 0.255 e. The zero-order chi connectivity index (χ0) is 39.3. The average Bonchev–Trinajstić information content (AvgIpc) is 3.94. The van der Waals surface area contributed by atoms with Crippen LogP contribution < -0.4 is 20.7 Å². The second kappa shape index (κ2) is 15.1. The number of hydrogen-bond donors (Lipinski definition) is 2. The van der Waals surface area contributed by atoms with E-state index in [1.165, 1.54) is 6.33 Å². The van der Waals surface area contributed by atoms with Gasteiger partial charge < -0.3 is 30.1 Å². The van der Waals surface area contributed by atoms with Crippen molar-refractivity contribution in [1.29, 1.82) is 0 Å². The molecule has 5 aliphatic heterocycles. The Hall–Kier alpha value is -5.86. The summed E-state index contributed by atoms with van der Waals surface area (Å²) < 4.78 is 8.10. The Bertz CT molecular complexity index is 2350. The number of nitrogens with two attached hydrogens (primary N) is 1. The number of nitrogens with zero attached hydrogens (tertiary/aromatic N) is 8. The van der Waals surface area contributed by atoms with E-state index >= 15 is 0 Å². The fourth-order valence-corrected chi connectivity index (χ4v) is 9.75. The fourth-order valence-electron chi connectivity index (χ4n) is 9.75. The lowest BCUT2D eigenvalue weighted by molar-refractivity contribution is -0.136. The molecule has 5 aliphatic rings. The zero-order valence-electron chi connectivity index (χ0n) is 32.5. The van der Waals surface area contributed by atoms with Gasteiger partial charge >= 0.3 is 0 Å². The van der Waals surface area contributed by atoms with Gasteiger partial charge in [0.1, 0.15) is 35.4 Å². The van der Waals surface area contributed by atoms with Gasteiger partial charge in [-0.25, -0.2) is 14.6 Å². The Balaban J connectivity index is 0.699. The van der Waals surface area contributed by atoms with Gasteiger partial charge in [-0.3, -0.25) is 19.7 Å². The van der Waals surface area contributed by atoms with Gasteiger partial charge in [-0.05, 0) is 97.7 Å². The van der Waals surface area contributed by atoms with Crippen molar-refractivity contribution in [3.05, 3.63) is 90.3 Å². The molecular weight excluding hydrogens is 733 g/mol. The largest absolute Gasteiger partial charge is 0.457 e. The van der Waals surface area contributed by atoms with Crippen LogP contribution in [0.5, 0.6) is 11.5 Å². The number of carbonyl (C=O) groups excluding carboxylic acids is 3. The minimum absolute atomic E-state index is 0.123. The third-order valence-corrected chi connectivity index (χ3v) is 12.8. The molecule has 0 spiro atoms. The number of nitrogen functional groups attached to an aromatic ring is 1. The number of anilines is 2. The molecule has 0 aliphatic carbocycles. The fraction of sp³-hybridized carbons (Fsp3) is 0.409. The van der Waals surface area contributed by atoms with Gasteiger partial charge in [-0.15, -0.1) is 0 Å². The van der Waals surface area contributed by atoms with E-state index in [-0.39, 0.29) is 30.2 Å². The summed E-state index contributed by atoms with van der Waals surface area (Å²) in [6.45, 7) is 9.00. The molecule has 3 N–H and O–H groups in total. The topological polar surface area (TPSA) is 155 Å². The lowest BCUT2D eigenvalue weighted by Gasteiger charge is -2.44. The van der Waals surface area contributed by atoms with Gasteiger partial charge in [-0.2, -0.15) is 5.10 Å². The Morgan fingerprint density at radius 2 is 1.57 bits per heavy atom. The number of benzene rings is 3. The van der Waals surface area contributed by atoms with Crippen molar-refractivity contribution in [2.75, 3.05) is 63.0 Å². The van der Waals surface area contributed by atoms with Gasteiger partial charge in [0.05, 0.1) is 11.4 Å². The summed E-state index contributed by atoms with van der Waals surface area (Å²) in [5, 5.41) is 8.31. The molecule has 2 aromatic heterocycles. The molecule has 14 nitrogen and oxygen atoms in total. The number of rotatable bonds is 10. The number of likely N-dealkylation sites (tertiary alicyclic amines) is 2. The molecule has 7 heterocycles. The highest BCUT2D eigenvalue weighted by Crippen LogP contribution is 2.37. The Kier molecular flexibility index (Phi) is 9.52. The van der Waals surface area contributed by atoms with E-state index in [1.807, 2.05) is 60.7 Å². The number of para-hydroxylation sites is 1. The number of ether oxygens (including phenoxy) is 1. The van der Waals surface area contributed by atoms with Gasteiger partial charge in [0.15, 0.2) is 5.65 Å². The van der Waals surface area contributed by atoms with Crippen molar-refractivity contribution in [1.82, 2.24) is 39.8 Å². The Morgan fingerprint density at radius 1 is 0.793 bits per heavy atom. The predicted molar refractivity (Wildman–Crippen MR) is 219 cm³/mol. The van der Waals surface area contributed by atoms with E-state index in [2.05, 4.69) is 46.8 Å². The number of aromatic nitrogens is 4. The SMILES string of the molecule is Nc1ncnc2c1c(-c1ccc(Oc3ccccc3)cc1)nn2C1CCN(CC2CN(CC3CCN(c4ccc5c(c4)CN(C4CCC(=O)NC4=O)C5=O)C3)C2)CC1. The van der Waals surface area contributed by atoms with Crippen LogP contribution in [0.1, 0.15) is 54.1 Å². The van der Waals surface area contributed by atoms with E-state index in [0.29, 0.717) is 36.2 Å². The molecule has 0 saturated carbocycles. The van der Waals surface area contributed by atoms with Gasteiger partial charge in [0, 0.05) is 82.1 Å². The first-order valence-electron chi connectivity index (χ1n) is 20.6. The molecule has 10 rings (SSSR count). The molecule has 5 aromatic rings. The molecule has 298 valence electrons. The molecule has 4 saturated heterocycles. The molecule has 2 atom stereocenters. The van der Waals surface area contributed by atoms with Crippen LogP contribution >= 0.6 is 0 Å². The van der Waals surface area contributed by atoms with Gasteiger partial charge in [0.2, 0.25) is 11.8 Å². The molecule has 0 radical (unpaired) electrons. The first kappa shape index (κ1) is 36.5. The van der Waals surface area contributed by atoms with E-state index < -0.39 is 6.04 Å². The lowest BCUT2D eigenvalue weighted by atomic mass is 9.95. The number of imide groups is 1. The summed E-state index contributed by atoms with van der Waals surface area (Å²) in [6.07, 6.45) is 5.34. The van der Waals surface area contributed by atoms with Crippen molar-refractivity contribution in [3.8, 4) is 22.8 Å². The maximum absolute atomic E-state index is 13.2. The molecule has 4 fully saturated rings. The quantitative estimate of drug-likeness (QED) is 0.189. The summed E-state index contributed by atoms with van der Waals surface area (Å²) in [7, 11) is 0. The number of nitrogens with one attached hydrogen (secondary N) is 1. The predicted octanol–water partition coefficient (Wildman–Crippen LogP) is 4.72. The molecule has 58 heavy (non-hydrogen) atoms. The molecule has 3 aromatic carbocycles. The number of hydrogen-bond acceptors (Lipinski definition) is 11. The minimum atomic E-state index is -0.589. The van der Waals surface area contributed by atoms with Gasteiger partial charge in [0.25, 0.3) is 5.91 Å². The third kappa shape index (κ3) is 7.04. The van der Waals surface area contributed by atoms with Gasteiger partial charge in [-0.1, -0.05) is 18.2 Å². The van der Waals surface area contributed by atoms with Crippen LogP contribution in [-0.4, -0.2) is 111 Å². The number of fused-ring (bicyclic) bond motifs is 2. The lowest BCUT2D eigenvalue weighted by Crippen LogP contribution is -2.53. The Labute approximate surface area is 336 Å². The first-order chi connectivity index (χ1) is 28.3. The van der Waals surface area contributed by atoms with Crippen molar-refractivity contribution in [2.24, 2.45) is 11.8 Å².